The van der Waals surface area contributed by atoms with Gasteiger partial charge in [-0.1, -0.05) is 11.8 Å². The van der Waals surface area contributed by atoms with Crippen LogP contribution in [-0.4, -0.2) is 40.2 Å². The Hall–Kier alpha value is -1.96. The van der Waals surface area contributed by atoms with Crippen LogP contribution in [-0.2, 0) is 19.1 Å². The zero-order chi connectivity index (χ0) is 14.3. The van der Waals surface area contributed by atoms with Gasteiger partial charge in [0, 0.05) is 6.92 Å². The van der Waals surface area contributed by atoms with Gasteiger partial charge in [-0.3, -0.25) is 9.59 Å². The lowest BCUT2D eigenvalue weighted by Gasteiger charge is -2.02. The SMILES string of the molecule is CCOC(=O)C(=O)CSc1ccc(NC(C)=O)nn1. The first-order valence-corrected chi connectivity index (χ1v) is 6.45. The minimum Gasteiger partial charge on any atom is -0.460 e. The zero-order valence-corrected chi connectivity index (χ0v) is 11.3. The third kappa shape index (κ3) is 5.47. The molecule has 0 fully saturated rings. The van der Waals surface area contributed by atoms with Crippen LogP contribution in [0.2, 0.25) is 0 Å². The van der Waals surface area contributed by atoms with E-state index in [0.717, 1.165) is 11.8 Å². The number of thioether (sulfide) groups is 1. The Morgan fingerprint density at radius 2 is 2.05 bits per heavy atom. The van der Waals surface area contributed by atoms with Crippen LogP contribution in [0.1, 0.15) is 13.8 Å². The Labute approximate surface area is 114 Å². The van der Waals surface area contributed by atoms with E-state index in [1.54, 1.807) is 19.1 Å². The maximum absolute atomic E-state index is 11.3. The number of esters is 1. The maximum Gasteiger partial charge on any atom is 0.375 e. The first-order valence-electron chi connectivity index (χ1n) is 5.47. The predicted molar refractivity (Wildman–Crippen MR) is 68.7 cm³/mol. The van der Waals surface area contributed by atoms with Gasteiger partial charge >= 0.3 is 5.97 Å². The summed E-state index contributed by atoms with van der Waals surface area (Å²) in [5, 5.41) is 10.5. The van der Waals surface area contributed by atoms with E-state index in [2.05, 4.69) is 20.3 Å². The highest BCUT2D eigenvalue weighted by atomic mass is 32.2. The predicted octanol–water partition coefficient (Wildman–Crippen LogP) is 0.659. The molecule has 0 unspecified atom stereocenters. The second-order valence-corrected chi connectivity index (χ2v) is 4.37. The molecular weight excluding hydrogens is 270 g/mol. The third-order valence-corrected chi connectivity index (χ3v) is 2.72. The highest BCUT2D eigenvalue weighted by Crippen LogP contribution is 2.15. The van der Waals surface area contributed by atoms with Gasteiger partial charge in [-0.15, -0.1) is 10.2 Å². The van der Waals surface area contributed by atoms with E-state index < -0.39 is 11.8 Å². The minimum atomic E-state index is -0.849. The number of carbonyl (C=O) groups excluding carboxylic acids is 3. The van der Waals surface area contributed by atoms with E-state index in [0.29, 0.717) is 10.8 Å². The van der Waals surface area contributed by atoms with Crippen molar-refractivity contribution in [1.82, 2.24) is 10.2 Å². The molecule has 0 atom stereocenters. The monoisotopic (exact) mass is 283 g/mol. The molecular formula is C11H13N3O4S. The van der Waals surface area contributed by atoms with Crippen LogP contribution < -0.4 is 5.32 Å². The number of ether oxygens (including phenoxy) is 1. The van der Waals surface area contributed by atoms with Gasteiger partial charge in [0.15, 0.2) is 5.82 Å². The van der Waals surface area contributed by atoms with Gasteiger partial charge in [0.05, 0.1) is 12.4 Å². The summed E-state index contributed by atoms with van der Waals surface area (Å²) in [5.74, 6) is -1.45. The van der Waals surface area contributed by atoms with Crippen molar-refractivity contribution in [2.24, 2.45) is 0 Å². The van der Waals surface area contributed by atoms with Gasteiger partial charge in [-0.05, 0) is 19.1 Å². The Morgan fingerprint density at radius 1 is 1.32 bits per heavy atom. The van der Waals surface area contributed by atoms with Gasteiger partial charge < -0.3 is 10.1 Å². The standard InChI is InChI=1S/C11H13N3O4S/c1-3-18-11(17)8(16)6-19-10-5-4-9(13-14-10)12-7(2)15/h4-5H,3,6H2,1-2H3,(H,12,13,15). The molecule has 1 aromatic heterocycles. The van der Waals surface area contributed by atoms with Gasteiger partial charge in [-0.25, -0.2) is 4.79 Å². The van der Waals surface area contributed by atoms with Crippen molar-refractivity contribution in [3.05, 3.63) is 12.1 Å². The van der Waals surface area contributed by atoms with Crippen molar-refractivity contribution in [1.29, 1.82) is 0 Å². The van der Waals surface area contributed by atoms with E-state index in [9.17, 15) is 14.4 Å². The van der Waals surface area contributed by atoms with Crippen LogP contribution in [0.5, 0.6) is 0 Å². The summed E-state index contributed by atoms with van der Waals surface area (Å²) in [6.45, 7) is 3.16. The molecule has 0 aliphatic heterocycles. The summed E-state index contributed by atoms with van der Waals surface area (Å²) in [4.78, 5) is 33.2. The zero-order valence-electron chi connectivity index (χ0n) is 10.5. The Bertz CT molecular complexity index is 475. The molecule has 1 N–H and O–H groups in total. The quantitative estimate of drug-likeness (QED) is 0.465. The van der Waals surface area contributed by atoms with E-state index >= 15 is 0 Å². The molecule has 7 nitrogen and oxygen atoms in total. The molecule has 1 aromatic rings. The lowest BCUT2D eigenvalue weighted by atomic mass is 10.5. The molecule has 0 aliphatic rings. The number of hydrogen-bond acceptors (Lipinski definition) is 7. The number of Topliss-reactive ketones (excluding diaryl/α,β-unsaturated/α-hetero) is 1. The van der Waals surface area contributed by atoms with Gasteiger partial charge in [-0.2, -0.15) is 0 Å². The molecule has 0 radical (unpaired) electrons. The molecule has 0 saturated carbocycles. The number of amides is 1. The van der Waals surface area contributed by atoms with Crippen molar-refractivity contribution >= 4 is 35.2 Å². The smallest absolute Gasteiger partial charge is 0.375 e. The lowest BCUT2D eigenvalue weighted by molar-refractivity contribution is -0.152. The van der Waals surface area contributed by atoms with Crippen LogP contribution >= 0.6 is 11.8 Å². The molecule has 0 spiro atoms. The Balaban J connectivity index is 2.47. The fraction of sp³-hybridized carbons (Fsp3) is 0.364. The number of carbonyl (C=O) groups is 3. The number of nitrogens with one attached hydrogen (secondary N) is 1. The summed E-state index contributed by atoms with van der Waals surface area (Å²) >= 11 is 1.07. The first kappa shape index (κ1) is 15.1. The molecule has 1 rings (SSSR count). The molecule has 0 aliphatic carbocycles. The van der Waals surface area contributed by atoms with Gasteiger partial charge in [0.2, 0.25) is 11.7 Å². The van der Waals surface area contributed by atoms with Crippen LogP contribution in [0, 0.1) is 0 Å². The Kier molecular flexibility index (Phi) is 5.94. The average molecular weight is 283 g/mol. The number of hydrogen-bond donors (Lipinski definition) is 1. The fourth-order valence-corrected chi connectivity index (χ4v) is 1.71. The molecule has 1 amide bonds. The van der Waals surface area contributed by atoms with E-state index in [4.69, 9.17) is 0 Å². The normalized spacial score (nSPS) is 9.79. The minimum absolute atomic E-state index is 0.0625. The van der Waals surface area contributed by atoms with Crippen LogP contribution in [0.4, 0.5) is 5.82 Å². The summed E-state index contributed by atoms with van der Waals surface area (Å²) in [6, 6.07) is 3.16. The highest BCUT2D eigenvalue weighted by molar-refractivity contribution is 8.00. The topological polar surface area (TPSA) is 98.2 Å². The molecule has 8 heteroatoms. The second kappa shape index (κ2) is 7.47. The maximum atomic E-state index is 11.3. The van der Waals surface area contributed by atoms with Crippen LogP contribution in [0.25, 0.3) is 0 Å². The van der Waals surface area contributed by atoms with E-state index in [1.807, 2.05) is 0 Å². The molecule has 0 saturated heterocycles. The van der Waals surface area contributed by atoms with Crippen molar-refractivity contribution in [2.75, 3.05) is 17.7 Å². The summed E-state index contributed by atoms with van der Waals surface area (Å²) in [5.41, 5.74) is 0. The van der Waals surface area contributed by atoms with Crippen molar-refractivity contribution in [3.63, 3.8) is 0 Å². The number of anilines is 1. The Morgan fingerprint density at radius 3 is 2.58 bits per heavy atom. The lowest BCUT2D eigenvalue weighted by Crippen LogP contribution is -2.19. The average Bonchev–Trinajstić information content (AvgIpc) is 2.37. The molecule has 1 heterocycles. The second-order valence-electron chi connectivity index (χ2n) is 3.37. The van der Waals surface area contributed by atoms with E-state index in [1.165, 1.54) is 6.92 Å². The van der Waals surface area contributed by atoms with Gasteiger partial charge in [0.25, 0.3) is 0 Å². The summed E-state index contributed by atoms with van der Waals surface area (Å²) in [7, 11) is 0. The highest BCUT2D eigenvalue weighted by Gasteiger charge is 2.15. The fourth-order valence-electron chi connectivity index (χ4n) is 1.05. The largest absolute Gasteiger partial charge is 0.460 e. The van der Waals surface area contributed by atoms with Crippen molar-refractivity contribution < 1.29 is 19.1 Å². The first-order chi connectivity index (χ1) is 9.02. The van der Waals surface area contributed by atoms with Crippen LogP contribution in [0.3, 0.4) is 0 Å². The summed E-state index contributed by atoms with van der Waals surface area (Å²) in [6.07, 6.45) is 0. The number of nitrogens with zero attached hydrogens (tertiary/aromatic N) is 2. The molecule has 19 heavy (non-hydrogen) atoms. The van der Waals surface area contributed by atoms with Gasteiger partial charge in [0.1, 0.15) is 5.03 Å². The number of ketones is 1. The number of aromatic nitrogens is 2. The third-order valence-electron chi connectivity index (χ3n) is 1.80. The molecule has 0 aromatic carbocycles. The van der Waals surface area contributed by atoms with Crippen molar-refractivity contribution in [2.45, 2.75) is 18.9 Å². The van der Waals surface area contributed by atoms with Crippen molar-refractivity contribution in [3.8, 4) is 0 Å². The van der Waals surface area contributed by atoms with E-state index in [-0.39, 0.29) is 18.3 Å². The molecule has 0 bridgehead atoms. The van der Waals surface area contributed by atoms with Crippen LogP contribution in [0.15, 0.2) is 17.2 Å². The molecule has 102 valence electrons. The number of rotatable bonds is 6. The summed E-state index contributed by atoms with van der Waals surface area (Å²) < 4.78 is 4.57.